The lowest BCUT2D eigenvalue weighted by atomic mass is 10.3. The van der Waals surface area contributed by atoms with Crippen molar-refractivity contribution in [3.8, 4) is 0 Å². The van der Waals surface area contributed by atoms with Crippen LogP contribution < -0.4 is 0 Å². The molecule has 0 aromatic carbocycles. The lowest BCUT2D eigenvalue weighted by Gasteiger charge is -1.81. The summed E-state index contributed by atoms with van der Waals surface area (Å²) in [5.74, 6) is 0. The largest absolute Gasteiger partial charge is 0.304 e. The van der Waals surface area contributed by atoms with Gasteiger partial charge in [0.05, 0.1) is 11.9 Å². The first-order valence-electron chi connectivity index (χ1n) is 2.03. The van der Waals surface area contributed by atoms with Gasteiger partial charge in [-0.25, -0.2) is 0 Å². The second kappa shape index (κ2) is 3.81. The molecule has 0 saturated heterocycles. The van der Waals surface area contributed by atoms with Crippen molar-refractivity contribution < 1.29 is 0 Å². The van der Waals surface area contributed by atoms with Gasteiger partial charge in [0, 0.05) is 11.8 Å². The van der Waals surface area contributed by atoms with Crippen LogP contribution in [0, 0.1) is 5.41 Å². The fraction of sp³-hybridized carbons (Fsp3) is 0.500. The van der Waals surface area contributed by atoms with Crippen LogP contribution in [0.25, 0.3) is 0 Å². The van der Waals surface area contributed by atoms with Crippen LogP contribution in [0.4, 0.5) is 0 Å². The molecule has 2 nitrogen and oxygen atoms in total. The van der Waals surface area contributed by atoms with Gasteiger partial charge >= 0.3 is 0 Å². The average Bonchev–Trinajstić information content (AvgIpc) is 1.68. The van der Waals surface area contributed by atoms with Gasteiger partial charge < -0.3 is 5.41 Å². The van der Waals surface area contributed by atoms with Crippen molar-refractivity contribution in [2.45, 2.75) is 13.3 Å². The third kappa shape index (κ3) is 3.46. The van der Waals surface area contributed by atoms with Crippen molar-refractivity contribution in [3.63, 3.8) is 0 Å². The summed E-state index contributed by atoms with van der Waals surface area (Å²) in [6.45, 7) is 1.88. The van der Waals surface area contributed by atoms with Crippen LogP contribution in [0.15, 0.2) is 4.51 Å². The Balaban J connectivity index is 3.37. The van der Waals surface area contributed by atoms with E-state index >= 15 is 0 Å². The Morgan fingerprint density at radius 1 is 2.00 bits per heavy atom. The predicted octanol–water partition coefficient (Wildman–Crippen LogP) is 1.64. The molecule has 0 atom stereocenters. The summed E-state index contributed by atoms with van der Waals surface area (Å²) >= 11 is 4.90. The van der Waals surface area contributed by atoms with E-state index in [1.165, 1.54) is 6.21 Å². The molecular formula is C4H7ClN2. The normalized spacial score (nSPS) is 10.0. The van der Waals surface area contributed by atoms with Crippen molar-refractivity contribution in [3.05, 3.63) is 0 Å². The number of nitrogens with zero attached hydrogens (tertiary/aromatic N) is 1. The Hall–Kier alpha value is -0.370. The van der Waals surface area contributed by atoms with E-state index in [0.29, 0.717) is 12.1 Å². The Bertz CT molecular complexity index is 87.7. The first-order valence-corrected chi connectivity index (χ1v) is 2.36. The zero-order valence-electron chi connectivity index (χ0n) is 4.11. The molecule has 3 heteroatoms. The van der Waals surface area contributed by atoms with E-state index in [9.17, 15) is 0 Å². The molecule has 0 aliphatic rings. The van der Waals surface area contributed by atoms with Crippen LogP contribution in [0.5, 0.6) is 0 Å². The van der Waals surface area contributed by atoms with Crippen LogP contribution in [-0.2, 0) is 0 Å². The Kier molecular flexibility index (Phi) is 3.61. The average molecular weight is 119 g/mol. The zero-order valence-corrected chi connectivity index (χ0v) is 4.87. The van der Waals surface area contributed by atoms with Crippen LogP contribution >= 0.6 is 11.8 Å². The minimum atomic E-state index is 0.454. The van der Waals surface area contributed by atoms with Crippen molar-refractivity contribution in [1.82, 2.24) is 0 Å². The van der Waals surface area contributed by atoms with Crippen LogP contribution in [0.1, 0.15) is 13.3 Å². The van der Waals surface area contributed by atoms with Crippen LogP contribution in [0.2, 0.25) is 0 Å². The maximum absolute atomic E-state index is 6.90. The highest BCUT2D eigenvalue weighted by Gasteiger charge is 1.80. The molecule has 0 aliphatic carbocycles. The summed E-state index contributed by atoms with van der Waals surface area (Å²) in [6, 6.07) is 0. The Morgan fingerprint density at radius 3 is 2.71 bits per heavy atom. The molecular weight excluding hydrogens is 112 g/mol. The van der Waals surface area contributed by atoms with Gasteiger partial charge in [-0.2, -0.15) is 4.51 Å². The molecule has 0 heterocycles. The number of hydrogen-bond donors (Lipinski definition) is 1. The molecule has 0 aliphatic heterocycles. The molecule has 0 radical (unpaired) electrons. The molecule has 0 spiro atoms. The summed E-state index contributed by atoms with van der Waals surface area (Å²) in [6.07, 6.45) is 2.01. The minimum Gasteiger partial charge on any atom is -0.304 e. The molecule has 0 fully saturated rings. The maximum Gasteiger partial charge on any atom is 0.0623 e. The molecule has 40 valence electrons. The predicted molar refractivity (Wildman–Crippen MR) is 32.4 cm³/mol. The first-order chi connectivity index (χ1) is 3.31. The van der Waals surface area contributed by atoms with Gasteiger partial charge in [-0.1, -0.05) is 6.92 Å². The molecule has 7 heavy (non-hydrogen) atoms. The van der Waals surface area contributed by atoms with Crippen molar-refractivity contribution >= 4 is 23.7 Å². The number of rotatable bonds is 2. The quantitative estimate of drug-likeness (QED) is 0.536. The number of hydrogen-bond acceptors (Lipinski definition) is 2. The molecule has 1 N–H and O–H groups in total. The molecule has 0 rings (SSSR count). The van der Waals surface area contributed by atoms with Crippen LogP contribution in [-0.4, -0.2) is 11.9 Å². The topological polar surface area (TPSA) is 36.2 Å². The van der Waals surface area contributed by atoms with E-state index in [-0.39, 0.29) is 0 Å². The second-order valence-electron chi connectivity index (χ2n) is 1.11. The second-order valence-corrected chi connectivity index (χ2v) is 1.30. The Labute approximate surface area is 47.8 Å². The lowest BCUT2D eigenvalue weighted by Crippen LogP contribution is -1.91. The van der Waals surface area contributed by atoms with E-state index in [2.05, 4.69) is 4.51 Å². The zero-order chi connectivity index (χ0) is 5.70. The highest BCUT2D eigenvalue weighted by Crippen LogP contribution is 1.78. The molecule has 0 amide bonds. The number of halogens is 1. The van der Waals surface area contributed by atoms with Gasteiger partial charge in [0.2, 0.25) is 0 Å². The summed E-state index contributed by atoms with van der Waals surface area (Å²) in [4.78, 5) is 0. The first kappa shape index (κ1) is 6.63. The van der Waals surface area contributed by atoms with Gasteiger partial charge in [-0.15, -0.1) is 0 Å². The van der Waals surface area contributed by atoms with Gasteiger partial charge in [-0.3, -0.25) is 0 Å². The third-order valence-electron chi connectivity index (χ3n) is 0.586. The molecule has 0 aromatic rings. The van der Waals surface area contributed by atoms with E-state index in [1.807, 2.05) is 6.92 Å². The van der Waals surface area contributed by atoms with Gasteiger partial charge in [0.25, 0.3) is 0 Å². The third-order valence-corrected chi connectivity index (χ3v) is 0.683. The number of nitrogens with one attached hydrogen (secondary N) is 1. The highest BCUT2D eigenvalue weighted by atomic mass is 35.5. The molecule has 0 aromatic heterocycles. The molecule has 0 unspecified atom stereocenters. The van der Waals surface area contributed by atoms with Gasteiger partial charge in [-0.05, 0) is 6.42 Å². The van der Waals surface area contributed by atoms with E-state index in [1.54, 1.807) is 0 Å². The highest BCUT2D eigenvalue weighted by molar-refractivity contribution is 6.34. The maximum atomic E-state index is 6.90. The summed E-state index contributed by atoms with van der Waals surface area (Å²) in [5, 5.41) is 6.90. The van der Waals surface area contributed by atoms with Crippen molar-refractivity contribution in [2.24, 2.45) is 4.51 Å². The standard InChI is InChI=1S/C4H7ClN2/c1-2-4(6)3-7-5/h3,6H,2H2,1H3. The Morgan fingerprint density at radius 2 is 2.57 bits per heavy atom. The van der Waals surface area contributed by atoms with Crippen LogP contribution in [0.3, 0.4) is 0 Å². The van der Waals surface area contributed by atoms with Crippen molar-refractivity contribution in [2.75, 3.05) is 0 Å². The van der Waals surface area contributed by atoms with Gasteiger partial charge in [0.1, 0.15) is 0 Å². The van der Waals surface area contributed by atoms with E-state index in [0.717, 1.165) is 0 Å². The lowest BCUT2D eigenvalue weighted by molar-refractivity contribution is 1.27. The summed E-state index contributed by atoms with van der Waals surface area (Å²) in [5.41, 5.74) is 0.454. The van der Waals surface area contributed by atoms with E-state index in [4.69, 9.17) is 17.2 Å². The fourth-order valence-corrected chi connectivity index (χ4v) is 0.268. The monoisotopic (exact) mass is 118 g/mol. The summed E-state index contributed by atoms with van der Waals surface area (Å²) < 4.78 is 3.13. The van der Waals surface area contributed by atoms with Gasteiger partial charge in [0.15, 0.2) is 0 Å². The molecule has 0 saturated carbocycles. The van der Waals surface area contributed by atoms with E-state index < -0.39 is 0 Å². The smallest absolute Gasteiger partial charge is 0.0623 e. The SMILES string of the molecule is CCC(=N)C=NCl. The van der Waals surface area contributed by atoms with Crippen molar-refractivity contribution in [1.29, 1.82) is 5.41 Å². The summed E-state index contributed by atoms with van der Waals surface area (Å²) in [7, 11) is 0. The molecule has 0 bridgehead atoms. The minimum absolute atomic E-state index is 0.454. The fourth-order valence-electron chi connectivity index (χ4n) is 0.150.